The number of aromatic hydroxyl groups is 1. The van der Waals surface area contributed by atoms with Crippen LogP contribution in [0.1, 0.15) is 134 Å². The number of amides is 6. The van der Waals surface area contributed by atoms with Crippen molar-refractivity contribution in [2.24, 2.45) is 17.6 Å². The van der Waals surface area contributed by atoms with E-state index in [1.165, 1.54) is 6.07 Å². The fraction of sp³-hybridized carbons (Fsp3) is 0.571. The zero-order valence-corrected chi connectivity index (χ0v) is 39.0. The van der Waals surface area contributed by atoms with E-state index in [1.54, 1.807) is 0 Å². The molecule has 0 radical (unpaired) electrons. The monoisotopic (exact) mass is 934 g/mol. The topological polar surface area (TPSA) is 289 Å². The first-order valence-corrected chi connectivity index (χ1v) is 23.8. The Balaban J connectivity index is 1.43. The van der Waals surface area contributed by atoms with E-state index < -0.39 is 76.0 Å². The average Bonchev–Trinajstić information content (AvgIpc) is 3.30. The first kappa shape index (κ1) is 55.0. The van der Waals surface area contributed by atoms with Crippen LogP contribution in [0.4, 0.5) is 5.69 Å². The van der Waals surface area contributed by atoms with E-state index in [9.17, 15) is 48.8 Å². The van der Waals surface area contributed by atoms with Gasteiger partial charge in [0.25, 0.3) is 0 Å². The van der Waals surface area contributed by atoms with Gasteiger partial charge in [0.1, 0.15) is 24.2 Å². The SMILES string of the molecule is CC[C@@H](C)[C@H](NC(=O)CCCCCCCCCCCNC(=O)[C@H](Cc1ccc(O)c([N+](=O)[O-])c1)NC(=O)[C@H](CC1CCCCC1)NC(=O)/C=C/C(=O)O)C(=O)N[C@@H](Cc1ccccc1)C(N)=O. The van der Waals surface area contributed by atoms with Crippen molar-refractivity contribution in [1.29, 1.82) is 0 Å². The summed E-state index contributed by atoms with van der Waals surface area (Å²) in [6.07, 6.45) is 15.4. The van der Waals surface area contributed by atoms with Crippen LogP contribution < -0.4 is 32.3 Å². The molecular weight excluding hydrogens is 863 g/mol. The van der Waals surface area contributed by atoms with Crippen LogP contribution in [0.5, 0.6) is 5.75 Å². The number of phenols is 1. The second-order valence-corrected chi connectivity index (χ2v) is 17.6. The highest BCUT2D eigenvalue weighted by Gasteiger charge is 2.31. The number of nitrogens with one attached hydrogen (secondary N) is 5. The van der Waals surface area contributed by atoms with Gasteiger partial charge in [0.15, 0.2) is 5.75 Å². The number of nitro benzene ring substituents is 1. The van der Waals surface area contributed by atoms with Crippen molar-refractivity contribution in [3.05, 3.63) is 81.9 Å². The van der Waals surface area contributed by atoms with E-state index in [0.29, 0.717) is 37.4 Å². The Bertz CT molecular complexity index is 1970. The van der Waals surface area contributed by atoms with Crippen molar-refractivity contribution in [3.8, 4) is 5.75 Å². The summed E-state index contributed by atoms with van der Waals surface area (Å²) < 4.78 is 0. The van der Waals surface area contributed by atoms with E-state index in [0.717, 1.165) is 101 Å². The third-order valence-electron chi connectivity index (χ3n) is 12.2. The molecule has 0 saturated heterocycles. The van der Waals surface area contributed by atoms with Crippen LogP contribution in [-0.4, -0.2) is 87.3 Å². The predicted octanol–water partition coefficient (Wildman–Crippen LogP) is 5.18. The number of rotatable bonds is 31. The molecule has 0 bridgehead atoms. The molecule has 18 heteroatoms. The number of carboxylic acids is 1. The number of aliphatic carboxylic acids is 1. The molecule has 1 aliphatic rings. The lowest BCUT2D eigenvalue weighted by Gasteiger charge is -2.28. The molecule has 18 nitrogen and oxygen atoms in total. The number of carbonyl (C=O) groups is 7. The maximum Gasteiger partial charge on any atom is 0.328 e. The minimum Gasteiger partial charge on any atom is -0.502 e. The number of nitro groups is 1. The predicted molar refractivity (Wildman–Crippen MR) is 252 cm³/mol. The first-order valence-electron chi connectivity index (χ1n) is 23.8. The molecule has 1 aliphatic carbocycles. The number of hydrogen-bond donors (Lipinski definition) is 8. The van der Waals surface area contributed by atoms with Crippen LogP contribution >= 0.6 is 0 Å². The van der Waals surface area contributed by atoms with Crippen LogP contribution in [0.3, 0.4) is 0 Å². The highest BCUT2D eigenvalue weighted by molar-refractivity contribution is 5.97. The van der Waals surface area contributed by atoms with Gasteiger partial charge in [-0.25, -0.2) is 4.79 Å². The lowest BCUT2D eigenvalue weighted by molar-refractivity contribution is -0.385. The average molecular weight is 934 g/mol. The van der Waals surface area contributed by atoms with Gasteiger partial charge in [-0.05, 0) is 48.3 Å². The summed E-state index contributed by atoms with van der Waals surface area (Å²) in [5.74, 6) is -5.16. The second-order valence-electron chi connectivity index (χ2n) is 17.6. The number of hydrogen-bond acceptors (Lipinski definition) is 10. The van der Waals surface area contributed by atoms with E-state index in [4.69, 9.17) is 10.8 Å². The lowest BCUT2D eigenvalue weighted by Crippen LogP contribution is -2.55. The van der Waals surface area contributed by atoms with Crippen molar-refractivity contribution in [2.75, 3.05) is 6.54 Å². The quantitative estimate of drug-likeness (QED) is 0.0211. The minimum absolute atomic E-state index is 0.131. The van der Waals surface area contributed by atoms with E-state index in [-0.39, 0.29) is 43.4 Å². The second kappa shape index (κ2) is 30.1. The van der Waals surface area contributed by atoms with Gasteiger partial charge in [-0.3, -0.25) is 38.9 Å². The Morgan fingerprint density at radius 3 is 1.97 bits per heavy atom. The van der Waals surface area contributed by atoms with Gasteiger partial charge in [-0.2, -0.15) is 0 Å². The molecular formula is C49H71N7O11. The van der Waals surface area contributed by atoms with Crippen LogP contribution in [0.2, 0.25) is 0 Å². The molecule has 0 unspecified atom stereocenters. The van der Waals surface area contributed by atoms with Gasteiger partial charge in [0, 0.05) is 44.0 Å². The Kier molecular flexibility index (Phi) is 24.7. The van der Waals surface area contributed by atoms with Gasteiger partial charge in [-0.1, -0.05) is 134 Å². The molecule has 3 rings (SSSR count). The molecule has 368 valence electrons. The van der Waals surface area contributed by atoms with Gasteiger partial charge >= 0.3 is 11.7 Å². The van der Waals surface area contributed by atoms with Crippen LogP contribution in [0, 0.1) is 22.0 Å². The Morgan fingerprint density at radius 2 is 1.36 bits per heavy atom. The minimum atomic E-state index is -1.33. The Morgan fingerprint density at radius 1 is 0.746 bits per heavy atom. The summed E-state index contributed by atoms with van der Waals surface area (Å²) in [6.45, 7) is 4.12. The molecule has 9 N–H and O–H groups in total. The van der Waals surface area contributed by atoms with Crippen molar-refractivity contribution in [1.82, 2.24) is 26.6 Å². The van der Waals surface area contributed by atoms with Crippen LogP contribution in [0.15, 0.2) is 60.7 Å². The summed E-state index contributed by atoms with van der Waals surface area (Å²) in [6, 6.07) is 9.00. The molecule has 67 heavy (non-hydrogen) atoms. The van der Waals surface area contributed by atoms with Crippen molar-refractivity contribution >= 4 is 47.1 Å². The van der Waals surface area contributed by atoms with Crippen molar-refractivity contribution < 1.29 is 48.7 Å². The van der Waals surface area contributed by atoms with Gasteiger partial charge in [-0.15, -0.1) is 0 Å². The van der Waals surface area contributed by atoms with E-state index >= 15 is 0 Å². The molecule has 2 aromatic carbocycles. The summed E-state index contributed by atoms with van der Waals surface area (Å²) >= 11 is 0. The molecule has 0 spiro atoms. The Hall–Kier alpha value is -6.33. The number of carbonyl (C=O) groups excluding carboxylic acids is 6. The van der Waals surface area contributed by atoms with Gasteiger partial charge in [0.2, 0.25) is 35.4 Å². The highest BCUT2D eigenvalue weighted by atomic mass is 16.6. The summed E-state index contributed by atoms with van der Waals surface area (Å²) in [4.78, 5) is 100. The fourth-order valence-corrected chi connectivity index (χ4v) is 8.18. The van der Waals surface area contributed by atoms with Crippen molar-refractivity contribution in [2.45, 2.75) is 160 Å². The van der Waals surface area contributed by atoms with Crippen LogP contribution in [0.25, 0.3) is 0 Å². The molecule has 5 atom stereocenters. The summed E-state index contributed by atoms with van der Waals surface area (Å²) in [5.41, 5.74) is 6.22. The zero-order valence-electron chi connectivity index (χ0n) is 39.0. The van der Waals surface area contributed by atoms with Crippen LogP contribution in [-0.2, 0) is 46.4 Å². The van der Waals surface area contributed by atoms with Crippen molar-refractivity contribution in [3.63, 3.8) is 0 Å². The molecule has 0 heterocycles. The molecule has 1 fully saturated rings. The number of phenolic OH excluding ortho intramolecular Hbond substituents is 1. The molecule has 2 aromatic rings. The number of primary amides is 1. The highest BCUT2D eigenvalue weighted by Crippen LogP contribution is 2.29. The maximum atomic E-state index is 13.8. The van der Waals surface area contributed by atoms with E-state index in [1.807, 2.05) is 44.2 Å². The fourth-order valence-electron chi connectivity index (χ4n) is 8.18. The molecule has 6 amide bonds. The number of carboxylic acid groups (broad SMARTS) is 1. The summed E-state index contributed by atoms with van der Waals surface area (Å²) in [5, 5.41) is 44.3. The summed E-state index contributed by atoms with van der Waals surface area (Å²) in [7, 11) is 0. The molecule has 0 aromatic heterocycles. The number of benzene rings is 2. The Labute approximate surface area is 393 Å². The van der Waals surface area contributed by atoms with Gasteiger partial charge < -0.3 is 42.5 Å². The third-order valence-corrected chi connectivity index (χ3v) is 12.2. The zero-order chi connectivity index (χ0) is 49.1. The number of unbranched alkanes of at least 4 members (excludes halogenated alkanes) is 8. The van der Waals surface area contributed by atoms with Gasteiger partial charge in [0.05, 0.1) is 4.92 Å². The smallest absolute Gasteiger partial charge is 0.328 e. The number of nitrogens with two attached hydrogens (primary N) is 1. The third kappa shape index (κ3) is 21.2. The molecule has 1 saturated carbocycles. The lowest BCUT2D eigenvalue weighted by atomic mass is 9.84. The normalized spacial score (nSPS) is 15.0. The molecule has 0 aliphatic heterocycles. The largest absolute Gasteiger partial charge is 0.502 e. The first-order chi connectivity index (χ1) is 32.1. The maximum absolute atomic E-state index is 13.8. The standard InChI is InChI=1S/C49H71N7O11/c1-3-33(2)45(49(65)53-37(46(50)62)29-34-19-13-11-14-20-34)55-42(58)23-17-9-7-5-4-6-8-10-18-28-51-47(63)38(31-36-24-25-41(57)40(32-36)56(66)67)54-48(64)39(30-35-21-15-12-16-22-35)52-43(59)26-27-44(60)61/h11,13-14,19-20,24-27,32-33,35,37-39,45,57H,3-10,12,15-18,21-23,28-31H2,1-2H3,(H2,50,62)(H,51,63)(H,52,59)(H,53,65)(H,54,64)(H,55,58)(H,60,61)/b27-26+/t33-,37+,38+,39+,45+/m1/s1. The number of nitrogens with zero attached hydrogens (tertiary/aromatic N) is 1. The van der Waals surface area contributed by atoms with E-state index in [2.05, 4.69) is 26.6 Å².